The van der Waals surface area contributed by atoms with Crippen LogP contribution in [0.5, 0.6) is 0 Å². The van der Waals surface area contributed by atoms with Gasteiger partial charge in [-0.25, -0.2) is 0 Å². The smallest absolute Gasteiger partial charge is 0.303 e. The molecule has 6 nitrogen and oxygen atoms in total. The van der Waals surface area contributed by atoms with Crippen LogP contribution in [-0.2, 0) is 9.59 Å². The first kappa shape index (κ1) is 16.2. The lowest BCUT2D eigenvalue weighted by Crippen LogP contribution is -2.47. The molecule has 2 amide bonds. The van der Waals surface area contributed by atoms with Crippen LogP contribution in [-0.4, -0.2) is 35.0 Å². The van der Waals surface area contributed by atoms with Gasteiger partial charge in [0.1, 0.15) is 6.04 Å². The SMILES string of the molecule is CC(CCC(=O)O)NC(=O)C(C)NC(=O)c1cccs1. The van der Waals surface area contributed by atoms with Gasteiger partial charge in [-0.05, 0) is 31.7 Å². The van der Waals surface area contributed by atoms with Crippen LogP contribution in [0.4, 0.5) is 0 Å². The quantitative estimate of drug-likeness (QED) is 0.705. The molecule has 0 spiro atoms. The van der Waals surface area contributed by atoms with Gasteiger partial charge in [0, 0.05) is 12.5 Å². The van der Waals surface area contributed by atoms with Crippen LogP contribution >= 0.6 is 11.3 Å². The zero-order chi connectivity index (χ0) is 15.1. The van der Waals surface area contributed by atoms with Gasteiger partial charge in [0.2, 0.25) is 5.91 Å². The molecular weight excluding hydrogens is 280 g/mol. The molecule has 1 heterocycles. The molecule has 1 aromatic heterocycles. The molecule has 1 aromatic rings. The van der Waals surface area contributed by atoms with Crippen molar-refractivity contribution in [3.05, 3.63) is 22.4 Å². The normalized spacial score (nSPS) is 13.3. The molecule has 3 N–H and O–H groups in total. The fourth-order valence-corrected chi connectivity index (χ4v) is 2.15. The second-order valence-corrected chi connectivity index (χ2v) is 5.46. The molecule has 2 unspecified atom stereocenters. The van der Waals surface area contributed by atoms with E-state index in [1.807, 2.05) is 0 Å². The predicted molar refractivity (Wildman–Crippen MR) is 75.7 cm³/mol. The van der Waals surface area contributed by atoms with E-state index < -0.39 is 12.0 Å². The minimum atomic E-state index is -0.898. The first-order chi connectivity index (χ1) is 9.40. The van der Waals surface area contributed by atoms with Crippen LogP contribution in [0.15, 0.2) is 17.5 Å². The Morgan fingerprint density at radius 3 is 2.55 bits per heavy atom. The van der Waals surface area contributed by atoms with Crippen LogP contribution in [0.1, 0.15) is 36.4 Å². The van der Waals surface area contributed by atoms with Crippen molar-refractivity contribution in [3.8, 4) is 0 Å². The van der Waals surface area contributed by atoms with E-state index in [1.165, 1.54) is 11.3 Å². The molecule has 0 radical (unpaired) electrons. The molecule has 2 atom stereocenters. The Balaban J connectivity index is 2.39. The van der Waals surface area contributed by atoms with Gasteiger partial charge in [-0.3, -0.25) is 14.4 Å². The van der Waals surface area contributed by atoms with Crippen LogP contribution < -0.4 is 10.6 Å². The second kappa shape index (κ2) is 7.64. The van der Waals surface area contributed by atoms with Gasteiger partial charge in [-0.2, -0.15) is 0 Å². The summed E-state index contributed by atoms with van der Waals surface area (Å²) in [6.07, 6.45) is 0.351. The van der Waals surface area contributed by atoms with E-state index in [9.17, 15) is 14.4 Å². The number of rotatable bonds is 7. The average Bonchev–Trinajstić information content (AvgIpc) is 2.90. The summed E-state index contributed by atoms with van der Waals surface area (Å²) in [6.45, 7) is 3.32. The Morgan fingerprint density at radius 2 is 2.00 bits per heavy atom. The molecule has 7 heteroatoms. The van der Waals surface area contributed by atoms with E-state index >= 15 is 0 Å². The van der Waals surface area contributed by atoms with Crippen molar-refractivity contribution in [1.82, 2.24) is 10.6 Å². The molecule has 20 heavy (non-hydrogen) atoms. The molecule has 0 saturated carbocycles. The Kier molecular flexibility index (Phi) is 6.17. The topological polar surface area (TPSA) is 95.5 Å². The predicted octanol–water partition coefficient (Wildman–Crippen LogP) is 1.24. The summed E-state index contributed by atoms with van der Waals surface area (Å²) in [6, 6.07) is 2.52. The maximum absolute atomic E-state index is 11.8. The number of carbonyl (C=O) groups is 3. The maximum atomic E-state index is 11.8. The molecule has 0 aromatic carbocycles. The van der Waals surface area contributed by atoms with Crippen molar-refractivity contribution in [3.63, 3.8) is 0 Å². The van der Waals surface area contributed by atoms with Crippen molar-refractivity contribution in [2.24, 2.45) is 0 Å². The molecule has 0 aliphatic carbocycles. The van der Waals surface area contributed by atoms with Crippen LogP contribution in [0.25, 0.3) is 0 Å². The summed E-state index contributed by atoms with van der Waals surface area (Å²) in [5.41, 5.74) is 0. The minimum absolute atomic E-state index is 0.00260. The summed E-state index contributed by atoms with van der Waals surface area (Å²) < 4.78 is 0. The molecule has 0 aliphatic rings. The summed E-state index contributed by atoms with van der Waals surface area (Å²) in [5, 5.41) is 15.6. The van der Waals surface area contributed by atoms with E-state index in [4.69, 9.17) is 5.11 Å². The van der Waals surface area contributed by atoms with Crippen LogP contribution in [0, 0.1) is 0 Å². The highest BCUT2D eigenvalue weighted by Crippen LogP contribution is 2.08. The molecule has 0 aliphatic heterocycles. The van der Waals surface area contributed by atoms with Gasteiger partial charge in [0.25, 0.3) is 5.91 Å². The zero-order valence-corrected chi connectivity index (χ0v) is 12.2. The van der Waals surface area contributed by atoms with Gasteiger partial charge < -0.3 is 15.7 Å². The molecule has 0 saturated heterocycles. The fourth-order valence-electron chi connectivity index (χ4n) is 1.52. The maximum Gasteiger partial charge on any atom is 0.303 e. The highest BCUT2D eigenvalue weighted by molar-refractivity contribution is 7.12. The Labute approximate surface area is 121 Å². The van der Waals surface area contributed by atoms with Crippen LogP contribution in [0.2, 0.25) is 0 Å². The second-order valence-electron chi connectivity index (χ2n) is 4.51. The van der Waals surface area contributed by atoms with Gasteiger partial charge in [-0.1, -0.05) is 6.07 Å². The number of hydrogen-bond acceptors (Lipinski definition) is 4. The number of aliphatic carboxylic acids is 1. The number of nitrogens with one attached hydrogen (secondary N) is 2. The van der Waals surface area contributed by atoms with Crippen LogP contribution in [0.3, 0.4) is 0 Å². The van der Waals surface area contributed by atoms with Gasteiger partial charge in [-0.15, -0.1) is 11.3 Å². The third kappa shape index (κ3) is 5.40. The Bertz CT molecular complexity index is 473. The van der Waals surface area contributed by atoms with E-state index in [2.05, 4.69) is 10.6 Å². The van der Waals surface area contributed by atoms with Crippen molar-refractivity contribution < 1.29 is 19.5 Å². The van der Waals surface area contributed by atoms with E-state index in [0.29, 0.717) is 11.3 Å². The lowest BCUT2D eigenvalue weighted by atomic mass is 10.1. The summed E-state index contributed by atoms with van der Waals surface area (Å²) >= 11 is 1.30. The Hall–Kier alpha value is -1.89. The number of thiophene rings is 1. The number of carboxylic acids is 1. The van der Waals surface area contributed by atoms with Crippen molar-refractivity contribution in [2.45, 2.75) is 38.8 Å². The van der Waals surface area contributed by atoms with E-state index in [1.54, 1.807) is 31.4 Å². The third-order valence-electron chi connectivity index (χ3n) is 2.67. The summed E-state index contributed by atoms with van der Waals surface area (Å²) in [5.74, 6) is -1.52. The van der Waals surface area contributed by atoms with Gasteiger partial charge in [0.05, 0.1) is 4.88 Å². The summed E-state index contributed by atoms with van der Waals surface area (Å²) in [7, 11) is 0. The number of carboxylic acid groups (broad SMARTS) is 1. The monoisotopic (exact) mass is 298 g/mol. The van der Waals surface area contributed by atoms with Crippen molar-refractivity contribution >= 4 is 29.1 Å². The third-order valence-corrected chi connectivity index (χ3v) is 3.53. The molecule has 0 bridgehead atoms. The number of carbonyl (C=O) groups excluding carboxylic acids is 2. The molecule has 1 rings (SSSR count). The fraction of sp³-hybridized carbons (Fsp3) is 0.462. The van der Waals surface area contributed by atoms with Gasteiger partial charge in [0.15, 0.2) is 0 Å². The molecular formula is C13H18N2O4S. The standard InChI is InChI=1S/C13H18N2O4S/c1-8(5-6-11(16)17)14-12(18)9(2)15-13(19)10-4-3-7-20-10/h3-4,7-9H,5-6H2,1-2H3,(H,14,18)(H,15,19)(H,16,17). The van der Waals surface area contributed by atoms with E-state index in [-0.39, 0.29) is 24.3 Å². The minimum Gasteiger partial charge on any atom is -0.481 e. The Morgan fingerprint density at radius 1 is 1.30 bits per heavy atom. The zero-order valence-electron chi connectivity index (χ0n) is 11.4. The summed E-state index contributed by atoms with van der Waals surface area (Å²) in [4.78, 5) is 34.6. The lowest BCUT2D eigenvalue weighted by molar-refractivity contribution is -0.137. The molecule has 110 valence electrons. The largest absolute Gasteiger partial charge is 0.481 e. The van der Waals surface area contributed by atoms with Crippen molar-refractivity contribution in [2.75, 3.05) is 0 Å². The van der Waals surface area contributed by atoms with Crippen molar-refractivity contribution in [1.29, 1.82) is 0 Å². The first-order valence-corrected chi connectivity index (χ1v) is 7.14. The lowest BCUT2D eigenvalue weighted by Gasteiger charge is -2.17. The highest BCUT2D eigenvalue weighted by atomic mass is 32.1. The van der Waals surface area contributed by atoms with Gasteiger partial charge >= 0.3 is 5.97 Å². The average molecular weight is 298 g/mol. The number of amides is 2. The molecule has 0 fully saturated rings. The number of hydrogen-bond donors (Lipinski definition) is 3. The van der Waals surface area contributed by atoms with E-state index in [0.717, 1.165) is 0 Å². The first-order valence-electron chi connectivity index (χ1n) is 6.26. The highest BCUT2D eigenvalue weighted by Gasteiger charge is 2.18.